The van der Waals surface area contributed by atoms with Crippen LogP contribution >= 0.6 is 0 Å². The predicted octanol–water partition coefficient (Wildman–Crippen LogP) is 11.9. The molecule has 0 spiro atoms. The molecule has 0 amide bonds. The lowest BCUT2D eigenvalue weighted by Gasteiger charge is -2.34. The number of furan rings is 1. The molecule has 13 aromatic rings. The van der Waals surface area contributed by atoms with Gasteiger partial charge < -0.3 is 4.42 Å². The molecule has 0 fully saturated rings. The summed E-state index contributed by atoms with van der Waals surface area (Å²) in [6, 6.07) is -38.3. The second-order valence-electron chi connectivity index (χ2n) is 14.2. The molecule has 6 heteroatoms. The molecular weight excluding hydrogens is 809 g/mol. The summed E-state index contributed by atoms with van der Waals surface area (Å²) in [4.78, 5) is 9.46. The maximum Gasteiger partial charge on any atom is 0.237 e. The fraction of sp³-hybridized carbons (Fsp3) is 0.0169. The molecule has 0 unspecified atom stereocenters. The van der Waals surface area contributed by atoms with Gasteiger partial charge in [0.1, 0.15) is 17.0 Å². The lowest BCUT2D eigenvalue weighted by atomic mass is 10.1. The Morgan fingerprint density at radius 2 is 0.954 bits per heavy atom. The minimum atomic E-state index is -6.71. The van der Waals surface area contributed by atoms with Crippen LogP contribution in [0.4, 0.5) is 0 Å². The second kappa shape index (κ2) is 14.6. The second-order valence-corrected chi connectivity index (χ2v) is 17.7. The van der Waals surface area contributed by atoms with E-state index in [0.717, 1.165) is 10.6 Å². The van der Waals surface area contributed by atoms with Crippen molar-refractivity contribution in [3.05, 3.63) is 229 Å². The minimum absolute atomic E-state index is 0.316. The van der Waals surface area contributed by atoms with Crippen molar-refractivity contribution in [2.75, 3.05) is 0 Å². The highest BCUT2D eigenvalue weighted by atomic mass is 28.3. The van der Waals surface area contributed by atoms with Crippen molar-refractivity contribution >= 4 is 94.4 Å². The normalized spacial score (nSPS) is 19.8. The van der Waals surface area contributed by atoms with E-state index < -0.39 is 335 Å². The molecule has 4 heterocycles. The number of nitrogens with zero attached hydrogens (tertiary/aromatic N) is 4. The Labute approximate surface area is 426 Å². The molecule has 0 N–H and O–H groups in total. The lowest BCUT2D eigenvalue weighted by molar-refractivity contribution is 0.671. The van der Waals surface area contributed by atoms with E-state index >= 15 is 0 Å². The molecule has 0 radical (unpaired) electrons. The zero-order chi connectivity index (χ0) is 74.4. The molecule has 5 nitrogen and oxygen atoms in total. The smallest absolute Gasteiger partial charge is 0.237 e. The number of para-hydroxylation sites is 5. The molecule has 0 aliphatic heterocycles. The van der Waals surface area contributed by atoms with Crippen molar-refractivity contribution in [1.29, 1.82) is 0 Å². The van der Waals surface area contributed by atoms with Gasteiger partial charge in [0.15, 0.2) is 8.07 Å². The average molecular weight is 885 g/mol. The highest BCUT2D eigenvalue weighted by Gasteiger charge is 2.44. The minimum Gasteiger partial charge on any atom is -0.456 e. The van der Waals surface area contributed by atoms with E-state index in [-0.39, 0.29) is 5.56 Å². The molecular formula is C59H40N4OSi. The van der Waals surface area contributed by atoms with Gasteiger partial charge in [-0.1, -0.05) is 187 Å². The van der Waals surface area contributed by atoms with Crippen LogP contribution in [0.5, 0.6) is 0 Å². The standard InChI is InChI=1S/C59H40N4OSi/c1-39-35-36-55(58-57(39)48-29-12-17-34-54(48)64-58)65(41-20-4-2-5-21-41,42-22-6-3-7-23-42)43-24-18-19-40(37-43)49-38-56(62-50-30-13-8-25-44(50)45-26-9-14-31-51(45)62)61-59(60-49)63-52-32-15-10-27-46(52)47-28-11-16-33-53(47)63/h2-38H,1H3/i2D,3D,4D,5D,6D,7D,8D,9D,10D,11D,12D,13D,14D,15D,16D,17D,18D,19D,20D,21D,22D,23D,24D,25D,26D,27D,28D,29D,30D,31D,32D,33D,34D,35D,36D,37D. The Kier molecular flexibility index (Phi) is 3.61. The van der Waals surface area contributed by atoms with E-state index in [2.05, 4.69) is 0 Å². The first-order chi connectivity index (χ1) is 47.1. The van der Waals surface area contributed by atoms with Crippen LogP contribution in [0.1, 0.15) is 54.9 Å². The van der Waals surface area contributed by atoms with Gasteiger partial charge in [-0.3, -0.25) is 9.13 Å². The van der Waals surface area contributed by atoms with E-state index in [4.69, 9.17) is 32.2 Å². The summed E-state index contributed by atoms with van der Waals surface area (Å²) in [7, 11) is -6.71. The van der Waals surface area contributed by atoms with E-state index in [1.165, 1.54) is 6.92 Å². The SMILES string of the molecule is [2H]c1c([2H])c([2H])c([Si](c2c([2H])c([2H])c([2H])c([2H])c2[2H])(c2c([2H])c([2H])c([2H])c(-c3cc(-n4c5c([2H])c([2H])c([2H])c([2H])c5c5c([2H])c([2H])c([2H])c([2H])c54)nc(-n4c5c([2H])c([2H])c([2H])c([2H])c5c5c([2H])c([2H])c([2H])c([2H])c54)n3)c2[2H])c2c([2H])c([2H])c(C)c3c2oc2c([2H])c([2H])c([2H])c([2H])c23)c([2H])c1[2H]. The van der Waals surface area contributed by atoms with E-state index in [1.807, 2.05) is 0 Å². The van der Waals surface area contributed by atoms with Gasteiger partial charge in [0.2, 0.25) is 5.95 Å². The van der Waals surface area contributed by atoms with E-state index in [1.54, 1.807) is 0 Å². The number of hydrogen-bond acceptors (Lipinski definition) is 3. The van der Waals surface area contributed by atoms with Gasteiger partial charge in [-0.15, -0.1) is 0 Å². The number of aromatic nitrogens is 4. The Balaban J connectivity index is 1.37. The van der Waals surface area contributed by atoms with Crippen molar-refractivity contribution in [1.82, 2.24) is 19.1 Å². The molecule has 9 aromatic carbocycles. The molecule has 0 atom stereocenters. The van der Waals surface area contributed by atoms with Gasteiger partial charge in [0, 0.05) is 43.9 Å². The van der Waals surface area contributed by atoms with Gasteiger partial charge in [0.25, 0.3) is 0 Å². The summed E-state index contributed by atoms with van der Waals surface area (Å²) in [5.74, 6) is -1.92. The Morgan fingerprint density at radius 1 is 0.462 bits per heavy atom. The van der Waals surface area contributed by atoms with Crippen LogP contribution in [-0.2, 0) is 0 Å². The van der Waals surface area contributed by atoms with Crippen LogP contribution in [0.25, 0.3) is 88.6 Å². The maximum absolute atomic E-state index is 10.9. The number of benzene rings is 9. The van der Waals surface area contributed by atoms with E-state index in [9.17, 15) is 31.5 Å². The maximum atomic E-state index is 10.9. The fourth-order valence-electron chi connectivity index (χ4n) is 8.21. The average Bonchev–Trinajstić information content (AvgIpc) is 1.55. The first-order valence-electron chi connectivity index (χ1n) is 37.2. The number of rotatable bonds is 7. The topological polar surface area (TPSA) is 48.8 Å². The Morgan fingerprint density at radius 3 is 1.54 bits per heavy atom. The van der Waals surface area contributed by atoms with Gasteiger partial charge in [0.05, 0.1) is 77.1 Å². The Hall–Kier alpha value is -8.32. The van der Waals surface area contributed by atoms with Crippen LogP contribution in [0.3, 0.4) is 0 Å². The van der Waals surface area contributed by atoms with Crippen LogP contribution in [0.15, 0.2) is 228 Å². The molecule has 0 saturated carbocycles. The highest BCUT2D eigenvalue weighted by Crippen LogP contribution is 2.36. The van der Waals surface area contributed by atoms with E-state index in [0.29, 0.717) is 4.57 Å². The molecule has 0 bridgehead atoms. The van der Waals surface area contributed by atoms with Gasteiger partial charge in [-0.2, -0.15) is 4.98 Å². The highest BCUT2D eigenvalue weighted by molar-refractivity contribution is 7.20. The largest absolute Gasteiger partial charge is 0.456 e. The van der Waals surface area contributed by atoms with Crippen molar-refractivity contribution in [3.63, 3.8) is 0 Å². The summed E-state index contributed by atoms with van der Waals surface area (Å²) in [5.41, 5.74) is -6.90. The lowest BCUT2D eigenvalue weighted by Crippen LogP contribution is -2.74. The molecule has 0 saturated heterocycles. The third-order valence-electron chi connectivity index (χ3n) is 10.9. The third kappa shape index (κ3) is 5.57. The number of fused-ring (bicyclic) bond motifs is 9. The quantitative estimate of drug-likeness (QED) is 0.118. The molecule has 65 heavy (non-hydrogen) atoms. The summed E-state index contributed by atoms with van der Waals surface area (Å²) in [5, 5.41) is -8.12. The third-order valence-corrected chi connectivity index (χ3v) is 15.0. The molecule has 4 aromatic heterocycles. The zero-order valence-corrected chi connectivity index (χ0v) is 33.8. The van der Waals surface area contributed by atoms with Crippen molar-refractivity contribution < 1.29 is 53.8 Å². The number of aryl methyl sites for hydroxylation is 1. The van der Waals surface area contributed by atoms with Crippen molar-refractivity contribution in [2.24, 2.45) is 0 Å². The fourth-order valence-corrected chi connectivity index (χ4v) is 12.0. The van der Waals surface area contributed by atoms with Gasteiger partial charge >= 0.3 is 0 Å². The molecule has 0 aliphatic carbocycles. The van der Waals surface area contributed by atoms with Crippen LogP contribution in [0, 0.1) is 6.92 Å². The van der Waals surface area contributed by atoms with Gasteiger partial charge in [-0.25, -0.2) is 4.98 Å². The van der Waals surface area contributed by atoms with Crippen LogP contribution in [-0.4, -0.2) is 27.2 Å². The number of hydrogen-bond donors (Lipinski definition) is 0. The molecule has 0 aliphatic rings. The van der Waals surface area contributed by atoms with Crippen LogP contribution < -0.4 is 20.7 Å². The summed E-state index contributed by atoms with van der Waals surface area (Å²) in [6.45, 7) is 1.20. The van der Waals surface area contributed by atoms with Gasteiger partial charge in [-0.05, 0) is 63.4 Å². The molecule has 306 valence electrons. The predicted molar refractivity (Wildman–Crippen MR) is 272 cm³/mol. The first-order valence-corrected chi connectivity index (χ1v) is 21.2. The first kappa shape index (κ1) is 16.0. The summed E-state index contributed by atoms with van der Waals surface area (Å²) in [6.07, 6.45) is 0. The van der Waals surface area contributed by atoms with Crippen LogP contribution in [0.2, 0.25) is 0 Å². The Bertz CT molecular complexity index is 5680. The monoisotopic (exact) mass is 885 g/mol. The summed E-state index contributed by atoms with van der Waals surface area (Å²) < 4.78 is 344. The summed E-state index contributed by atoms with van der Waals surface area (Å²) >= 11 is 0. The van der Waals surface area contributed by atoms with Crippen molar-refractivity contribution in [2.45, 2.75) is 6.92 Å². The van der Waals surface area contributed by atoms with Crippen molar-refractivity contribution in [3.8, 4) is 23.0 Å². The zero-order valence-electron chi connectivity index (χ0n) is 68.8. The molecule has 13 rings (SSSR count).